The molecule has 4 aliphatic rings. The fraction of sp³-hybridized carbons (Fsp3) is 0.127. The Morgan fingerprint density at radius 2 is 0.360 bits per heavy atom. The fourth-order valence-corrected chi connectivity index (χ4v) is 19.8. The zero-order valence-corrected chi connectivity index (χ0v) is 66.4. The summed E-state index contributed by atoms with van der Waals surface area (Å²) >= 11 is 0. The summed E-state index contributed by atoms with van der Waals surface area (Å²) in [5.41, 5.74) is 42.6. The smallest absolute Gasteiger partial charge is 0.0488 e. The topological polar surface area (TPSA) is 13.0 Å². The summed E-state index contributed by atoms with van der Waals surface area (Å²) in [6.07, 6.45) is 0. The van der Waals surface area contributed by atoms with Crippen LogP contribution in [0.3, 0.4) is 0 Å². The first-order chi connectivity index (χ1) is 55.4. The Hall–Kier alpha value is -13.3. The molecule has 0 aromatic heterocycles. The molecule has 0 bridgehead atoms. The molecule has 0 unspecified atom stereocenters. The highest BCUT2D eigenvalue weighted by Crippen LogP contribution is 2.57. The molecule has 0 radical (unpaired) electrons. The summed E-state index contributed by atoms with van der Waals surface area (Å²) in [6, 6.07) is 137. The van der Waals surface area contributed by atoms with Gasteiger partial charge in [-0.2, -0.15) is 0 Å². The number of anilines is 12. The van der Waals surface area contributed by atoms with Gasteiger partial charge in [-0.15, -0.1) is 0 Å². The van der Waals surface area contributed by atoms with Crippen LogP contribution in [0.4, 0.5) is 68.2 Å². The molecule has 0 atom stereocenters. The van der Waals surface area contributed by atoms with Crippen molar-refractivity contribution in [3.8, 4) is 77.9 Å². The average Bonchev–Trinajstić information content (AvgIpc) is 1.73. The lowest BCUT2D eigenvalue weighted by atomic mass is 9.82. The number of aryl methyl sites for hydroxylation is 2. The maximum absolute atomic E-state index is 2.47. The standard InChI is InChI=1S/C110H90N4/c1-71-59-73(47-53-89(71)75-61-85(111(77-31-15-11-16-32-77)81-49-55-95-91-39-23-27-43-99(91)107(3,4)103(95)67-81)65-86(62-75)112(78-33-17-12-18-34-78)82-50-56-96-92-40-24-28-44-100(92)108(5,6)104(96)68-82)74-48-54-90(72(2)60-74)76-63-87(113(79-35-19-13-20-36-79)83-51-57-97-93-41-25-29-45-101(93)109(7,8)105(97)69-83)66-88(64-76)114(80-37-21-14-22-38-80)84-52-58-98-94-42-26-30-46-102(94)110(9,10)106(98)70-84/h11-70H,1-10H3. The normalized spacial score (nSPS) is 14.2. The van der Waals surface area contributed by atoms with E-state index in [4.69, 9.17) is 0 Å². The van der Waals surface area contributed by atoms with Gasteiger partial charge in [0.2, 0.25) is 0 Å². The van der Waals surface area contributed by atoms with Crippen LogP contribution in [-0.4, -0.2) is 0 Å². The third-order valence-electron chi connectivity index (χ3n) is 25.6. The van der Waals surface area contributed by atoms with E-state index in [0.29, 0.717) is 0 Å². The van der Waals surface area contributed by atoms with Crippen molar-refractivity contribution in [2.24, 2.45) is 0 Å². The summed E-state index contributed by atoms with van der Waals surface area (Å²) in [7, 11) is 0. The maximum Gasteiger partial charge on any atom is 0.0488 e. The summed E-state index contributed by atoms with van der Waals surface area (Å²) in [4.78, 5) is 9.90. The molecule has 550 valence electrons. The van der Waals surface area contributed by atoms with E-state index in [9.17, 15) is 0 Å². The second kappa shape index (κ2) is 26.7. The van der Waals surface area contributed by atoms with Gasteiger partial charge in [-0.05, 0) is 281 Å². The van der Waals surface area contributed by atoms with Gasteiger partial charge in [0.05, 0.1) is 0 Å². The van der Waals surface area contributed by atoms with Crippen LogP contribution < -0.4 is 19.6 Å². The van der Waals surface area contributed by atoms with E-state index < -0.39 is 0 Å². The zero-order valence-electron chi connectivity index (χ0n) is 66.4. The number of rotatable bonds is 15. The molecule has 20 rings (SSSR count). The van der Waals surface area contributed by atoms with Crippen LogP contribution in [0.1, 0.15) is 111 Å². The molecule has 0 saturated heterocycles. The first kappa shape index (κ1) is 69.9. The van der Waals surface area contributed by atoms with Crippen LogP contribution in [0.2, 0.25) is 0 Å². The van der Waals surface area contributed by atoms with Gasteiger partial charge in [0.15, 0.2) is 0 Å². The van der Waals surface area contributed by atoms with E-state index in [1.165, 1.54) is 100 Å². The minimum Gasteiger partial charge on any atom is -0.310 e. The number of fused-ring (bicyclic) bond motifs is 12. The molecule has 114 heavy (non-hydrogen) atoms. The van der Waals surface area contributed by atoms with E-state index >= 15 is 0 Å². The molecule has 4 heteroatoms. The molecule has 4 nitrogen and oxygen atoms in total. The molecule has 16 aromatic rings. The monoisotopic (exact) mass is 1470 g/mol. The molecular formula is C110H90N4. The van der Waals surface area contributed by atoms with Crippen LogP contribution in [0, 0.1) is 13.8 Å². The van der Waals surface area contributed by atoms with Crippen molar-refractivity contribution in [2.45, 2.75) is 90.9 Å². The molecule has 0 N–H and O–H groups in total. The maximum atomic E-state index is 2.47. The van der Waals surface area contributed by atoms with Crippen molar-refractivity contribution >= 4 is 68.2 Å². The van der Waals surface area contributed by atoms with Crippen molar-refractivity contribution in [1.82, 2.24) is 0 Å². The Kier molecular flexibility index (Phi) is 16.4. The minimum absolute atomic E-state index is 0.199. The Bertz CT molecular complexity index is 5790. The van der Waals surface area contributed by atoms with Gasteiger partial charge in [-0.3, -0.25) is 0 Å². The highest BCUT2D eigenvalue weighted by molar-refractivity contribution is 5.96. The van der Waals surface area contributed by atoms with Crippen molar-refractivity contribution in [3.63, 3.8) is 0 Å². The predicted molar refractivity (Wildman–Crippen MR) is 481 cm³/mol. The Morgan fingerprint density at radius 3 is 0.596 bits per heavy atom. The lowest BCUT2D eigenvalue weighted by Gasteiger charge is -2.32. The lowest BCUT2D eigenvalue weighted by molar-refractivity contribution is 0.660. The van der Waals surface area contributed by atoms with Crippen LogP contribution in [0.25, 0.3) is 77.9 Å². The number of hydrogen-bond donors (Lipinski definition) is 0. The quantitative estimate of drug-likeness (QED) is 0.101. The van der Waals surface area contributed by atoms with Crippen molar-refractivity contribution < 1.29 is 0 Å². The van der Waals surface area contributed by atoms with E-state index in [-0.39, 0.29) is 21.7 Å². The molecule has 4 aliphatic carbocycles. The van der Waals surface area contributed by atoms with Gasteiger partial charge < -0.3 is 19.6 Å². The lowest BCUT2D eigenvalue weighted by Crippen LogP contribution is -2.17. The molecular weight excluding hydrogens is 1380 g/mol. The molecule has 0 aliphatic heterocycles. The summed E-state index contributed by atoms with van der Waals surface area (Å²) < 4.78 is 0. The van der Waals surface area contributed by atoms with Gasteiger partial charge in [-0.25, -0.2) is 0 Å². The largest absolute Gasteiger partial charge is 0.310 e. The fourth-order valence-electron chi connectivity index (χ4n) is 19.8. The molecule has 16 aromatic carbocycles. The molecule has 0 spiro atoms. The third kappa shape index (κ3) is 11.3. The summed E-state index contributed by atoms with van der Waals surface area (Å²) in [6.45, 7) is 23.6. The third-order valence-corrected chi connectivity index (χ3v) is 25.6. The SMILES string of the molecule is Cc1cc(-c2ccc(-c3cc(N(c4ccccc4)c4ccc5c(c4)C(C)(C)c4ccccc4-5)cc(N(c4ccccc4)c4ccc5c(c4)C(C)(C)c4ccccc4-5)c3)c(C)c2)ccc1-c1cc(N(c2ccccc2)c2ccc3c(c2)C(C)(C)c2ccccc2-3)cc(N(c2ccccc2)c2ccc3c(c2)C(C)(C)c2ccccc2-3)c1. The van der Waals surface area contributed by atoms with E-state index in [0.717, 1.165) is 102 Å². The highest BCUT2D eigenvalue weighted by Gasteiger charge is 2.41. The first-order valence-corrected chi connectivity index (χ1v) is 40.3. The molecule has 0 fully saturated rings. The van der Waals surface area contributed by atoms with Crippen molar-refractivity contribution in [1.29, 1.82) is 0 Å². The van der Waals surface area contributed by atoms with Crippen molar-refractivity contribution in [2.75, 3.05) is 19.6 Å². The number of para-hydroxylation sites is 4. The number of benzene rings is 16. The van der Waals surface area contributed by atoms with Gasteiger partial charge in [-0.1, -0.05) is 286 Å². The van der Waals surface area contributed by atoms with Crippen LogP contribution in [0.5, 0.6) is 0 Å². The Labute approximate surface area is 671 Å². The summed E-state index contributed by atoms with van der Waals surface area (Å²) in [5.74, 6) is 0. The van der Waals surface area contributed by atoms with Crippen molar-refractivity contribution in [3.05, 3.63) is 420 Å². The summed E-state index contributed by atoms with van der Waals surface area (Å²) in [5, 5.41) is 0. The van der Waals surface area contributed by atoms with E-state index in [1.807, 2.05) is 0 Å². The van der Waals surface area contributed by atoms with E-state index in [2.05, 4.69) is 453 Å². The average molecular weight is 1470 g/mol. The van der Waals surface area contributed by atoms with Crippen LogP contribution in [-0.2, 0) is 21.7 Å². The molecule has 0 saturated carbocycles. The second-order valence-corrected chi connectivity index (χ2v) is 33.8. The van der Waals surface area contributed by atoms with Crippen LogP contribution in [0.15, 0.2) is 364 Å². The zero-order chi connectivity index (χ0) is 77.5. The minimum atomic E-state index is -0.199. The Morgan fingerprint density at radius 1 is 0.149 bits per heavy atom. The van der Waals surface area contributed by atoms with Gasteiger partial charge >= 0.3 is 0 Å². The van der Waals surface area contributed by atoms with Gasteiger partial charge in [0, 0.05) is 89.9 Å². The molecule has 0 amide bonds. The highest BCUT2D eigenvalue weighted by atomic mass is 15.2. The number of hydrogen-bond acceptors (Lipinski definition) is 4. The predicted octanol–water partition coefficient (Wildman–Crippen LogP) is 30.4. The van der Waals surface area contributed by atoms with E-state index in [1.54, 1.807) is 0 Å². The van der Waals surface area contributed by atoms with Gasteiger partial charge in [0.1, 0.15) is 0 Å². The first-order valence-electron chi connectivity index (χ1n) is 40.3. The molecule has 0 heterocycles. The number of nitrogens with zero attached hydrogens (tertiary/aromatic N) is 4. The van der Waals surface area contributed by atoms with Gasteiger partial charge in [0.25, 0.3) is 0 Å². The Balaban J connectivity index is 0.735. The second-order valence-electron chi connectivity index (χ2n) is 33.8. The van der Waals surface area contributed by atoms with Crippen LogP contribution >= 0.6 is 0 Å².